The Morgan fingerprint density at radius 1 is 1.09 bits per heavy atom. The van der Waals surface area contributed by atoms with Crippen LogP contribution in [0.5, 0.6) is 11.5 Å². The standard InChI is InChI=1S/C22H22N4O7S/c1-3-32-15-6-4-14(5-7-15)22-24-19(33-25-22)13-23-34(29,30)16-8-9-18(31-2)17(12-16)26-20(27)10-11-21(26)28/h4-9,12,23H,3,10-11,13H2,1-2H3. The fourth-order valence-corrected chi connectivity index (χ4v) is 4.40. The Hall–Kier alpha value is -3.77. The molecule has 0 unspecified atom stereocenters. The van der Waals surface area contributed by atoms with Crippen molar-refractivity contribution >= 4 is 27.5 Å². The van der Waals surface area contributed by atoms with Gasteiger partial charge in [-0.1, -0.05) is 5.16 Å². The Morgan fingerprint density at radius 3 is 2.44 bits per heavy atom. The van der Waals surface area contributed by atoms with E-state index >= 15 is 0 Å². The maximum Gasteiger partial charge on any atom is 0.242 e. The quantitative estimate of drug-likeness (QED) is 0.451. The molecule has 1 N–H and O–H groups in total. The highest BCUT2D eigenvalue weighted by Gasteiger charge is 2.33. The molecule has 4 rings (SSSR count). The second kappa shape index (κ2) is 9.61. The number of amides is 2. The van der Waals surface area contributed by atoms with Gasteiger partial charge in [0.15, 0.2) is 0 Å². The van der Waals surface area contributed by atoms with Crippen molar-refractivity contribution in [2.75, 3.05) is 18.6 Å². The zero-order valence-electron chi connectivity index (χ0n) is 18.5. The number of imide groups is 1. The van der Waals surface area contributed by atoms with Crippen molar-refractivity contribution in [2.24, 2.45) is 0 Å². The zero-order valence-corrected chi connectivity index (χ0v) is 19.3. The number of aromatic nitrogens is 2. The number of anilines is 1. The lowest BCUT2D eigenvalue weighted by Gasteiger charge is -2.18. The highest BCUT2D eigenvalue weighted by Crippen LogP contribution is 2.34. The minimum Gasteiger partial charge on any atom is -0.495 e. The molecule has 1 aliphatic heterocycles. The molecule has 2 heterocycles. The lowest BCUT2D eigenvalue weighted by atomic mass is 10.2. The molecule has 178 valence electrons. The summed E-state index contributed by atoms with van der Waals surface area (Å²) in [6.07, 6.45) is 0.121. The summed E-state index contributed by atoms with van der Waals surface area (Å²) >= 11 is 0. The molecule has 1 aromatic heterocycles. The minimum absolute atomic E-state index is 0.0606. The highest BCUT2D eigenvalue weighted by atomic mass is 32.2. The number of nitrogens with zero attached hydrogens (tertiary/aromatic N) is 3. The van der Waals surface area contributed by atoms with E-state index in [0.29, 0.717) is 23.7 Å². The number of ether oxygens (including phenoxy) is 2. The largest absolute Gasteiger partial charge is 0.495 e. The number of rotatable bonds is 9. The monoisotopic (exact) mass is 486 g/mol. The Morgan fingerprint density at radius 2 is 1.79 bits per heavy atom. The summed E-state index contributed by atoms with van der Waals surface area (Å²) in [5, 5.41) is 3.88. The fourth-order valence-electron chi connectivity index (χ4n) is 3.41. The van der Waals surface area contributed by atoms with E-state index in [0.717, 1.165) is 4.90 Å². The molecule has 1 saturated heterocycles. The average Bonchev–Trinajstić information content (AvgIpc) is 3.44. The summed E-state index contributed by atoms with van der Waals surface area (Å²) in [7, 11) is -2.67. The van der Waals surface area contributed by atoms with Crippen LogP contribution in [0, 0.1) is 0 Å². The molecule has 3 aromatic rings. The van der Waals surface area contributed by atoms with E-state index in [2.05, 4.69) is 14.9 Å². The van der Waals surface area contributed by atoms with Gasteiger partial charge in [-0.25, -0.2) is 18.0 Å². The molecule has 0 saturated carbocycles. The van der Waals surface area contributed by atoms with Crippen molar-refractivity contribution in [2.45, 2.75) is 31.2 Å². The van der Waals surface area contributed by atoms with Crippen molar-refractivity contribution in [3.8, 4) is 22.9 Å². The number of hydrogen-bond acceptors (Lipinski definition) is 9. The normalized spacial score (nSPS) is 14.0. The highest BCUT2D eigenvalue weighted by molar-refractivity contribution is 7.89. The molecule has 12 heteroatoms. The van der Waals surface area contributed by atoms with Crippen LogP contribution in [0.2, 0.25) is 0 Å². The van der Waals surface area contributed by atoms with Gasteiger partial charge in [0, 0.05) is 18.4 Å². The summed E-state index contributed by atoms with van der Waals surface area (Å²) in [4.78, 5) is 29.3. The third-order valence-corrected chi connectivity index (χ3v) is 6.46. The molecule has 34 heavy (non-hydrogen) atoms. The Bertz CT molecular complexity index is 1300. The number of methoxy groups -OCH3 is 1. The third-order valence-electron chi connectivity index (χ3n) is 5.06. The third kappa shape index (κ3) is 4.77. The maximum atomic E-state index is 12.9. The Labute approximate surface area is 195 Å². The van der Waals surface area contributed by atoms with Crippen LogP contribution in [0.3, 0.4) is 0 Å². The first kappa shape index (κ1) is 23.4. The van der Waals surface area contributed by atoms with Crippen molar-refractivity contribution in [1.29, 1.82) is 0 Å². The SMILES string of the molecule is CCOc1ccc(-c2noc(CNS(=O)(=O)c3ccc(OC)c(N4C(=O)CCC4=O)c3)n2)cc1. The second-order valence-electron chi connectivity index (χ2n) is 7.25. The van der Waals surface area contributed by atoms with Crippen molar-refractivity contribution in [1.82, 2.24) is 14.9 Å². The summed E-state index contributed by atoms with van der Waals surface area (Å²) in [5.74, 6) is 0.441. The van der Waals surface area contributed by atoms with Crippen LogP contribution in [0.4, 0.5) is 5.69 Å². The van der Waals surface area contributed by atoms with Crippen molar-refractivity contribution in [3.63, 3.8) is 0 Å². The van der Waals surface area contributed by atoms with E-state index in [-0.39, 0.29) is 41.6 Å². The second-order valence-corrected chi connectivity index (χ2v) is 9.02. The van der Waals surface area contributed by atoms with Gasteiger partial charge in [-0.15, -0.1) is 0 Å². The van der Waals surface area contributed by atoms with E-state index in [1.54, 1.807) is 24.3 Å². The minimum atomic E-state index is -4.04. The zero-order chi connectivity index (χ0) is 24.3. The van der Waals surface area contributed by atoms with Gasteiger partial charge in [-0.2, -0.15) is 4.98 Å². The molecule has 0 atom stereocenters. The average molecular weight is 487 g/mol. The van der Waals surface area contributed by atoms with Crippen LogP contribution in [-0.2, 0) is 26.2 Å². The van der Waals surface area contributed by atoms with Crippen molar-refractivity contribution < 1.29 is 32.0 Å². The number of hydrogen-bond donors (Lipinski definition) is 1. The van der Waals surface area contributed by atoms with Gasteiger partial charge in [0.25, 0.3) is 0 Å². The first-order valence-electron chi connectivity index (χ1n) is 10.4. The Balaban J connectivity index is 1.50. The number of carbonyl (C=O) groups is 2. The fraction of sp³-hybridized carbons (Fsp3) is 0.273. The number of nitrogens with one attached hydrogen (secondary N) is 1. The first-order valence-corrected chi connectivity index (χ1v) is 11.9. The summed E-state index contributed by atoms with van der Waals surface area (Å²) in [6, 6.07) is 11.0. The van der Waals surface area contributed by atoms with Gasteiger partial charge in [0.2, 0.25) is 33.6 Å². The molecule has 0 radical (unpaired) electrons. The maximum absolute atomic E-state index is 12.9. The lowest BCUT2D eigenvalue weighted by Crippen LogP contribution is -2.29. The van der Waals surface area contributed by atoms with Gasteiger partial charge in [0.1, 0.15) is 11.5 Å². The summed E-state index contributed by atoms with van der Waals surface area (Å²) < 4.78 is 43.9. The predicted molar refractivity (Wildman–Crippen MR) is 120 cm³/mol. The van der Waals surface area contributed by atoms with E-state index in [4.69, 9.17) is 14.0 Å². The molecule has 1 aliphatic rings. The van der Waals surface area contributed by atoms with Crippen LogP contribution < -0.4 is 19.1 Å². The van der Waals surface area contributed by atoms with Crippen LogP contribution in [0.15, 0.2) is 51.9 Å². The van der Waals surface area contributed by atoms with E-state index in [1.165, 1.54) is 25.3 Å². The molecule has 0 bridgehead atoms. The van der Waals surface area contributed by atoms with Crippen LogP contribution in [0.1, 0.15) is 25.7 Å². The summed E-state index contributed by atoms with van der Waals surface area (Å²) in [5.41, 5.74) is 0.759. The van der Waals surface area contributed by atoms with Gasteiger partial charge < -0.3 is 14.0 Å². The Kier molecular flexibility index (Phi) is 6.61. The van der Waals surface area contributed by atoms with Crippen molar-refractivity contribution in [3.05, 3.63) is 48.4 Å². The molecule has 1 fully saturated rings. The van der Waals surface area contributed by atoms with E-state index in [1.807, 2.05) is 6.92 Å². The van der Waals surface area contributed by atoms with Gasteiger partial charge in [-0.3, -0.25) is 9.59 Å². The lowest BCUT2D eigenvalue weighted by molar-refractivity contribution is -0.121. The molecular weight excluding hydrogens is 464 g/mol. The number of carbonyl (C=O) groups excluding carboxylic acids is 2. The topological polar surface area (TPSA) is 141 Å². The van der Waals surface area contributed by atoms with E-state index < -0.39 is 21.8 Å². The number of benzene rings is 2. The predicted octanol–water partition coefficient (Wildman–Crippen LogP) is 2.28. The first-order chi connectivity index (χ1) is 16.3. The van der Waals surface area contributed by atoms with Gasteiger partial charge in [0.05, 0.1) is 30.8 Å². The molecule has 11 nitrogen and oxygen atoms in total. The molecule has 0 spiro atoms. The van der Waals surface area contributed by atoms with Crippen LogP contribution in [0.25, 0.3) is 11.4 Å². The van der Waals surface area contributed by atoms with Crippen LogP contribution >= 0.6 is 0 Å². The number of sulfonamides is 1. The molecule has 2 aromatic carbocycles. The molecule has 0 aliphatic carbocycles. The molecule has 2 amide bonds. The molecular formula is C22H22N4O7S. The smallest absolute Gasteiger partial charge is 0.242 e. The van der Waals surface area contributed by atoms with Gasteiger partial charge >= 0.3 is 0 Å². The van der Waals surface area contributed by atoms with Crippen LogP contribution in [-0.4, -0.2) is 44.1 Å². The summed E-state index contributed by atoms with van der Waals surface area (Å²) in [6.45, 7) is 2.18. The van der Waals surface area contributed by atoms with E-state index in [9.17, 15) is 18.0 Å². The van der Waals surface area contributed by atoms with Gasteiger partial charge in [-0.05, 0) is 49.4 Å².